The molecule has 138 valence electrons. The van der Waals surface area contributed by atoms with Gasteiger partial charge >= 0.3 is 6.18 Å². The van der Waals surface area contributed by atoms with Crippen LogP contribution in [0.2, 0.25) is 0 Å². The predicted octanol–water partition coefficient (Wildman–Crippen LogP) is 6.09. The molecule has 3 aromatic rings. The summed E-state index contributed by atoms with van der Waals surface area (Å²) in [5.74, 6) is -1.26. The van der Waals surface area contributed by atoms with Crippen molar-refractivity contribution >= 4 is 36.0 Å². The van der Waals surface area contributed by atoms with Crippen LogP contribution in [-0.2, 0) is 19.2 Å². The van der Waals surface area contributed by atoms with E-state index in [9.17, 15) is 17.6 Å². The number of aryl methyl sites for hydroxylation is 1. The van der Waals surface area contributed by atoms with Gasteiger partial charge in [-0.05, 0) is 40.9 Å². The summed E-state index contributed by atoms with van der Waals surface area (Å²) in [6.07, 6.45) is -2.65. The molecule has 0 fully saturated rings. The predicted molar refractivity (Wildman–Crippen MR) is 101 cm³/mol. The largest absolute Gasteiger partial charge is 0.488 e. The number of hydrogen-bond donors (Lipinski definition) is 0. The highest BCUT2D eigenvalue weighted by Crippen LogP contribution is 2.33. The van der Waals surface area contributed by atoms with Crippen LogP contribution in [0, 0.1) is 5.82 Å². The van der Waals surface area contributed by atoms with Crippen molar-refractivity contribution in [2.75, 3.05) is 0 Å². The van der Waals surface area contributed by atoms with Crippen LogP contribution in [0.3, 0.4) is 0 Å². The van der Waals surface area contributed by atoms with Gasteiger partial charge in [-0.3, -0.25) is 0 Å². The first kappa shape index (κ1) is 19.1. The van der Waals surface area contributed by atoms with Crippen molar-refractivity contribution in [3.05, 3.63) is 58.2 Å². The third-order valence-corrected chi connectivity index (χ3v) is 5.46. The van der Waals surface area contributed by atoms with Gasteiger partial charge in [0.05, 0.1) is 5.56 Å². The highest BCUT2D eigenvalue weighted by molar-refractivity contribution is 7.27. The summed E-state index contributed by atoms with van der Waals surface area (Å²) in [4.78, 5) is 0.930. The van der Waals surface area contributed by atoms with Gasteiger partial charge in [0.25, 0.3) is 0 Å². The molecule has 3 rings (SSSR count). The van der Waals surface area contributed by atoms with Gasteiger partial charge in [0, 0.05) is 15.6 Å². The maximum absolute atomic E-state index is 13.8. The number of halogens is 4. The summed E-state index contributed by atoms with van der Waals surface area (Å²) >= 11 is 1.57. The van der Waals surface area contributed by atoms with E-state index >= 15 is 0 Å². The first-order chi connectivity index (χ1) is 12.3. The minimum Gasteiger partial charge on any atom is -0.488 e. The van der Waals surface area contributed by atoms with Gasteiger partial charge < -0.3 is 4.74 Å². The second kappa shape index (κ2) is 7.53. The number of ether oxygens (including phenoxy) is 1. The molecule has 1 atom stereocenters. The Morgan fingerprint density at radius 3 is 2.54 bits per heavy atom. The molecule has 0 aliphatic rings. The van der Waals surface area contributed by atoms with Crippen LogP contribution in [-0.4, -0.2) is 0 Å². The highest BCUT2D eigenvalue weighted by Gasteiger charge is 2.36. The first-order valence-corrected chi connectivity index (χ1v) is 9.47. The van der Waals surface area contributed by atoms with E-state index in [1.165, 1.54) is 11.6 Å². The lowest BCUT2D eigenvalue weighted by molar-refractivity contribution is -0.139. The number of hydrogen-bond acceptors (Lipinski definition) is 2. The molecule has 26 heavy (non-hydrogen) atoms. The van der Waals surface area contributed by atoms with E-state index in [-0.39, 0.29) is 17.7 Å². The molecule has 1 aromatic heterocycles. The number of rotatable bonds is 5. The molecule has 7 heteroatoms. The van der Waals surface area contributed by atoms with E-state index in [1.807, 2.05) is 15.3 Å². The topological polar surface area (TPSA) is 9.23 Å². The zero-order valence-corrected chi connectivity index (χ0v) is 16.0. The smallest absolute Gasteiger partial charge is 0.419 e. The van der Waals surface area contributed by atoms with E-state index < -0.39 is 17.6 Å². The van der Waals surface area contributed by atoms with Crippen LogP contribution in [0.4, 0.5) is 17.6 Å². The van der Waals surface area contributed by atoms with E-state index in [4.69, 9.17) is 4.74 Å². The molecule has 2 aromatic carbocycles. The van der Waals surface area contributed by atoms with Crippen molar-refractivity contribution in [3.8, 4) is 5.75 Å². The summed E-state index contributed by atoms with van der Waals surface area (Å²) in [6, 6.07) is 10.2. The molecule has 0 spiro atoms. The lowest BCUT2D eigenvalue weighted by atomic mass is 10.1. The van der Waals surface area contributed by atoms with Gasteiger partial charge in [-0.2, -0.15) is 13.2 Å². The summed E-state index contributed by atoms with van der Waals surface area (Å²) < 4.78 is 58.9. The third-order valence-electron chi connectivity index (χ3n) is 3.93. The first-order valence-electron chi connectivity index (χ1n) is 8.08. The minimum absolute atomic E-state index is 0.0737. The van der Waals surface area contributed by atoms with Crippen molar-refractivity contribution in [3.63, 3.8) is 0 Å². The van der Waals surface area contributed by atoms with Gasteiger partial charge in [-0.25, -0.2) is 4.39 Å². The maximum atomic E-state index is 13.8. The van der Waals surface area contributed by atoms with Crippen LogP contribution in [0.25, 0.3) is 10.1 Å². The molecule has 1 heterocycles. The summed E-state index contributed by atoms with van der Waals surface area (Å²) in [5, 5.41) is 0.826. The Labute approximate surface area is 155 Å². The fourth-order valence-electron chi connectivity index (χ4n) is 2.78. The quantitative estimate of drug-likeness (QED) is 0.372. The van der Waals surface area contributed by atoms with E-state index in [0.29, 0.717) is 0 Å². The summed E-state index contributed by atoms with van der Waals surface area (Å²) in [7, 11) is 1.92. The second-order valence-electron chi connectivity index (χ2n) is 5.99. The second-order valence-corrected chi connectivity index (χ2v) is 7.78. The van der Waals surface area contributed by atoms with Crippen LogP contribution in [0.1, 0.15) is 29.3 Å². The zero-order chi connectivity index (χ0) is 18.9. The monoisotopic (exact) mass is 400 g/mol. The molecule has 0 saturated carbocycles. The normalized spacial score (nSPS) is 11.9. The Kier molecular flexibility index (Phi) is 5.54. The van der Waals surface area contributed by atoms with Crippen molar-refractivity contribution in [2.24, 2.45) is 0 Å². The SMILES string of the molecule is CCCc1ccc2cc(COc3cc(F)c(C(F)(F)F)c(P)c3)sc2c1. The average molecular weight is 400 g/mol. The van der Waals surface area contributed by atoms with Gasteiger partial charge in [0.1, 0.15) is 18.2 Å². The molecule has 0 radical (unpaired) electrons. The Bertz CT molecular complexity index is 910. The van der Waals surface area contributed by atoms with Gasteiger partial charge in [0.15, 0.2) is 0 Å². The molecular formula is C19H17F4OPS. The average Bonchev–Trinajstić information content (AvgIpc) is 2.93. The fourth-order valence-corrected chi connectivity index (χ4v) is 4.29. The van der Waals surface area contributed by atoms with Gasteiger partial charge in [-0.15, -0.1) is 20.6 Å². The summed E-state index contributed by atoms with van der Waals surface area (Å²) in [6.45, 7) is 2.30. The van der Waals surface area contributed by atoms with E-state index in [0.717, 1.165) is 33.9 Å². The van der Waals surface area contributed by atoms with E-state index in [1.54, 1.807) is 11.3 Å². The van der Waals surface area contributed by atoms with Crippen LogP contribution in [0.5, 0.6) is 5.75 Å². The Morgan fingerprint density at radius 1 is 1.12 bits per heavy atom. The van der Waals surface area contributed by atoms with Crippen molar-refractivity contribution in [1.82, 2.24) is 0 Å². The van der Waals surface area contributed by atoms with Crippen LogP contribution in [0.15, 0.2) is 36.4 Å². The molecule has 1 nitrogen and oxygen atoms in total. The van der Waals surface area contributed by atoms with Crippen molar-refractivity contribution in [1.29, 1.82) is 0 Å². The molecule has 0 aliphatic carbocycles. The lowest BCUT2D eigenvalue weighted by Crippen LogP contribution is -2.17. The number of benzene rings is 2. The zero-order valence-electron chi connectivity index (χ0n) is 14.0. The Morgan fingerprint density at radius 2 is 1.88 bits per heavy atom. The molecule has 0 amide bonds. The highest BCUT2D eigenvalue weighted by atomic mass is 32.1. The standard InChI is InChI=1S/C19H17F4OPS/c1-2-3-11-4-5-12-7-14(26-17(12)6-11)10-24-13-8-15(20)18(16(25)9-13)19(21,22)23/h4-9H,2-3,10,25H2,1H3. The van der Waals surface area contributed by atoms with Gasteiger partial charge in [-0.1, -0.05) is 25.5 Å². The molecule has 0 N–H and O–H groups in total. The van der Waals surface area contributed by atoms with Gasteiger partial charge in [0.2, 0.25) is 0 Å². The molecule has 1 unspecified atom stereocenters. The van der Waals surface area contributed by atoms with Crippen LogP contribution >= 0.6 is 20.6 Å². The number of fused-ring (bicyclic) bond motifs is 1. The van der Waals surface area contributed by atoms with E-state index in [2.05, 4.69) is 25.1 Å². The van der Waals surface area contributed by atoms with Crippen molar-refractivity contribution in [2.45, 2.75) is 32.5 Å². The minimum atomic E-state index is -4.73. The van der Waals surface area contributed by atoms with Crippen LogP contribution < -0.4 is 10.0 Å². The number of thiophene rings is 1. The molecule has 0 bridgehead atoms. The maximum Gasteiger partial charge on any atom is 0.419 e. The Hall–Kier alpha value is -1.65. The Balaban J connectivity index is 1.77. The molecule has 0 aliphatic heterocycles. The van der Waals surface area contributed by atoms with Crippen molar-refractivity contribution < 1.29 is 22.3 Å². The fraction of sp³-hybridized carbons (Fsp3) is 0.263. The number of alkyl halides is 3. The molecular weight excluding hydrogens is 383 g/mol. The summed E-state index contributed by atoms with van der Waals surface area (Å²) in [5.41, 5.74) is -0.00746. The lowest BCUT2D eigenvalue weighted by Gasteiger charge is -2.13. The molecule has 0 saturated heterocycles. The third kappa shape index (κ3) is 4.18.